The highest BCUT2D eigenvalue weighted by molar-refractivity contribution is 7.80. The summed E-state index contributed by atoms with van der Waals surface area (Å²) < 4.78 is -0.228. The van der Waals surface area contributed by atoms with Gasteiger partial charge >= 0.3 is 6.03 Å². The first-order chi connectivity index (χ1) is 12.7. The molecule has 2 aliphatic rings. The number of quaternary nitrogens is 1. The fourth-order valence-electron chi connectivity index (χ4n) is 4.76. The lowest BCUT2D eigenvalue weighted by atomic mass is 9.69. The molecule has 1 fully saturated rings. The number of urea groups is 1. The van der Waals surface area contributed by atoms with Crippen LogP contribution >= 0.6 is 12.8 Å². The molecule has 148 valence electrons. The number of nitrogens with two attached hydrogens (primary N) is 1. The Labute approximate surface area is 168 Å². The largest absolute Gasteiger partial charge is 0.447 e. The molecular weight excluding hydrogens is 358 g/mol. The van der Waals surface area contributed by atoms with Crippen LogP contribution in [0.5, 0.6) is 0 Å². The van der Waals surface area contributed by atoms with Gasteiger partial charge in [-0.05, 0) is 49.1 Å². The number of anilines is 1. The maximum Gasteiger partial charge on any atom is 0.447 e. The Kier molecular flexibility index (Phi) is 5.71. The maximum atomic E-state index is 13.6. The highest BCUT2D eigenvalue weighted by Gasteiger charge is 2.54. The second kappa shape index (κ2) is 7.57. The van der Waals surface area contributed by atoms with Gasteiger partial charge in [0.15, 0.2) is 5.69 Å². The average Bonchev–Trinajstić information content (AvgIpc) is 2.82. The van der Waals surface area contributed by atoms with Crippen molar-refractivity contribution < 1.29 is 9.59 Å². The summed E-state index contributed by atoms with van der Waals surface area (Å²) in [6.07, 6.45) is 3.04. The zero-order valence-electron chi connectivity index (χ0n) is 16.8. The van der Waals surface area contributed by atoms with Gasteiger partial charge in [-0.1, -0.05) is 33.3 Å². The van der Waals surface area contributed by atoms with Gasteiger partial charge in [0, 0.05) is 18.5 Å². The number of hydrogen-bond donors (Lipinski definition) is 2. The molecule has 3 amide bonds. The SMILES string of the molecule is Cc1ccc2c(c1)[N+](S)(CCN)C(=O)N2C(=O)C1CC(C)CCC1C(C)C. The van der Waals surface area contributed by atoms with Crippen molar-refractivity contribution >= 4 is 36.1 Å². The fourth-order valence-corrected chi connectivity index (χ4v) is 5.12. The number of fused-ring (bicyclic) bond motifs is 1. The summed E-state index contributed by atoms with van der Waals surface area (Å²) in [5.74, 6) is 1.04. The monoisotopic (exact) mass is 390 g/mol. The summed E-state index contributed by atoms with van der Waals surface area (Å²) in [6.45, 7) is 9.21. The van der Waals surface area contributed by atoms with Crippen molar-refractivity contribution in [2.75, 3.05) is 18.0 Å². The first kappa shape index (κ1) is 20.4. The van der Waals surface area contributed by atoms with Crippen LogP contribution in [0.15, 0.2) is 18.2 Å². The van der Waals surface area contributed by atoms with Crippen LogP contribution in [-0.2, 0) is 4.79 Å². The summed E-state index contributed by atoms with van der Waals surface area (Å²) in [6, 6.07) is 5.48. The van der Waals surface area contributed by atoms with E-state index < -0.39 is 0 Å². The predicted octanol–water partition coefficient (Wildman–Crippen LogP) is 4.28. The van der Waals surface area contributed by atoms with E-state index in [-0.39, 0.29) is 21.7 Å². The molecule has 1 aromatic carbocycles. The van der Waals surface area contributed by atoms with Gasteiger partial charge in [0.05, 0.1) is 12.8 Å². The second-order valence-corrected chi connectivity index (χ2v) is 9.35. The minimum absolute atomic E-state index is 0.0681. The number of amides is 3. The van der Waals surface area contributed by atoms with Crippen LogP contribution < -0.4 is 14.5 Å². The van der Waals surface area contributed by atoms with Crippen LogP contribution in [0.3, 0.4) is 0 Å². The molecule has 1 saturated carbocycles. The van der Waals surface area contributed by atoms with Crippen LogP contribution in [0, 0.1) is 30.6 Å². The van der Waals surface area contributed by atoms with E-state index in [0.29, 0.717) is 36.5 Å². The van der Waals surface area contributed by atoms with Crippen LogP contribution in [-0.4, -0.2) is 25.0 Å². The molecule has 1 heterocycles. The Morgan fingerprint density at radius 3 is 2.70 bits per heavy atom. The number of hydrogen-bond acceptors (Lipinski definition) is 4. The van der Waals surface area contributed by atoms with Gasteiger partial charge < -0.3 is 5.73 Å². The van der Waals surface area contributed by atoms with Crippen LogP contribution in [0.2, 0.25) is 0 Å². The van der Waals surface area contributed by atoms with Crippen molar-refractivity contribution in [3.8, 4) is 0 Å². The lowest BCUT2D eigenvalue weighted by molar-refractivity contribution is -0.125. The molecule has 1 aliphatic carbocycles. The second-order valence-electron chi connectivity index (χ2n) is 8.66. The molecule has 6 heteroatoms. The van der Waals surface area contributed by atoms with E-state index in [1.807, 2.05) is 25.1 Å². The van der Waals surface area contributed by atoms with E-state index >= 15 is 0 Å². The molecule has 1 aromatic rings. The summed E-state index contributed by atoms with van der Waals surface area (Å²) in [5.41, 5.74) is 8.24. The summed E-state index contributed by atoms with van der Waals surface area (Å²) in [5, 5.41) is 0. The molecule has 2 N–H and O–H groups in total. The normalized spacial score (nSPS) is 30.7. The Hall–Kier alpha value is -1.37. The van der Waals surface area contributed by atoms with Gasteiger partial charge in [-0.25, -0.2) is 4.79 Å². The maximum absolute atomic E-state index is 13.6. The molecule has 27 heavy (non-hydrogen) atoms. The minimum atomic E-state index is -0.296. The molecule has 4 atom stereocenters. The summed E-state index contributed by atoms with van der Waals surface area (Å²) >= 11 is 4.70. The molecule has 0 spiro atoms. The number of thiol groups is 1. The molecule has 1 aliphatic heterocycles. The number of carbonyl (C=O) groups is 2. The zero-order chi connectivity index (χ0) is 19.9. The number of imide groups is 1. The lowest BCUT2D eigenvalue weighted by Gasteiger charge is -2.37. The Morgan fingerprint density at radius 2 is 2.07 bits per heavy atom. The third-order valence-electron chi connectivity index (χ3n) is 6.29. The van der Waals surface area contributed by atoms with Gasteiger partial charge in [0.1, 0.15) is 12.2 Å². The first-order valence-electron chi connectivity index (χ1n) is 10.0. The van der Waals surface area contributed by atoms with Crippen molar-refractivity contribution in [1.29, 1.82) is 0 Å². The number of carbonyl (C=O) groups excluding carboxylic acids is 2. The van der Waals surface area contributed by atoms with Crippen molar-refractivity contribution in [2.45, 2.75) is 47.0 Å². The van der Waals surface area contributed by atoms with E-state index in [0.717, 1.165) is 30.5 Å². The van der Waals surface area contributed by atoms with Gasteiger partial charge in [-0.2, -0.15) is 4.90 Å². The highest BCUT2D eigenvalue weighted by atomic mass is 32.1. The van der Waals surface area contributed by atoms with Crippen molar-refractivity contribution in [2.24, 2.45) is 29.4 Å². The summed E-state index contributed by atoms with van der Waals surface area (Å²) in [4.78, 5) is 28.4. The molecular formula is C21H32N3O2S+. The standard InChI is InChI=1S/C21H32N3O2S/c1-13(2)16-7-5-14(3)11-17(16)20(25)23-18-8-6-15(4)12-19(18)24(27,10-9-22)21(23)26/h6,8,12-14,16-17,27H,5,7,9-11,22H2,1-4H3/q+1. The van der Waals surface area contributed by atoms with Crippen LogP contribution in [0.25, 0.3) is 0 Å². The lowest BCUT2D eigenvalue weighted by Crippen LogP contribution is -2.54. The van der Waals surface area contributed by atoms with Gasteiger partial charge in [0.2, 0.25) is 5.91 Å². The highest BCUT2D eigenvalue weighted by Crippen LogP contribution is 2.47. The third kappa shape index (κ3) is 3.43. The molecule has 0 aromatic heterocycles. The van der Waals surface area contributed by atoms with Gasteiger partial charge in [-0.3, -0.25) is 4.79 Å². The summed E-state index contributed by atoms with van der Waals surface area (Å²) in [7, 11) is 0. The molecule has 0 saturated heterocycles. The predicted molar refractivity (Wildman–Crippen MR) is 114 cm³/mol. The molecule has 4 unspecified atom stereocenters. The topological polar surface area (TPSA) is 63.4 Å². The number of nitrogens with zero attached hydrogens (tertiary/aromatic N) is 2. The van der Waals surface area contributed by atoms with E-state index in [4.69, 9.17) is 18.5 Å². The smallest absolute Gasteiger partial charge is 0.325 e. The Balaban J connectivity index is 2.03. The van der Waals surface area contributed by atoms with Crippen LogP contribution in [0.1, 0.15) is 45.6 Å². The van der Waals surface area contributed by atoms with Gasteiger partial charge in [-0.15, -0.1) is 3.89 Å². The quantitative estimate of drug-likeness (QED) is 0.596. The molecule has 5 nitrogen and oxygen atoms in total. The number of benzene rings is 1. The molecule has 0 radical (unpaired) electrons. The average molecular weight is 391 g/mol. The zero-order valence-corrected chi connectivity index (χ0v) is 17.7. The Morgan fingerprint density at radius 1 is 1.37 bits per heavy atom. The van der Waals surface area contributed by atoms with Crippen molar-refractivity contribution in [1.82, 2.24) is 3.89 Å². The van der Waals surface area contributed by atoms with E-state index in [2.05, 4.69) is 20.8 Å². The van der Waals surface area contributed by atoms with Crippen LogP contribution in [0.4, 0.5) is 16.2 Å². The minimum Gasteiger partial charge on any atom is -0.325 e. The van der Waals surface area contributed by atoms with E-state index in [1.54, 1.807) is 0 Å². The fraction of sp³-hybridized carbons (Fsp3) is 0.619. The first-order valence-corrected chi connectivity index (χ1v) is 10.4. The molecule has 3 rings (SSSR count). The van der Waals surface area contributed by atoms with Gasteiger partial charge in [0.25, 0.3) is 0 Å². The van der Waals surface area contributed by atoms with E-state index in [1.165, 1.54) is 4.90 Å². The molecule has 0 bridgehead atoms. The number of aryl methyl sites for hydroxylation is 1. The van der Waals surface area contributed by atoms with Crippen molar-refractivity contribution in [3.63, 3.8) is 0 Å². The third-order valence-corrected chi connectivity index (χ3v) is 6.88. The number of rotatable bonds is 4. The van der Waals surface area contributed by atoms with Crippen molar-refractivity contribution in [3.05, 3.63) is 23.8 Å². The Bertz CT molecular complexity index is 751. The van der Waals surface area contributed by atoms with E-state index in [9.17, 15) is 9.59 Å².